The van der Waals surface area contributed by atoms with Crippen LogP contribution >= 0.6 is 0 Å². The van der Waals surface area contributed by atoms with Crippen LogP contribution in [0.2, 0.25) is 0 Å². The monoisotopic (exact) mass is 653 g/mol. The Hall–Kier alpha value is -6.24. The molecule has 13 heteroatoms. The van der Waals surface area contributed by atoms with Gasteiger partial charge in [-0.3, -0.25) is 10.1 Å². The van der Waals surface area contributed by atoms with E-state index in [2.05, 4.69) is 9.97 Å². The number of methoxy groups -OCH3 is 5. The van der Waals surface area contributed by atoms with E-state index in [1.54, 1.807) is 25.1 Å². The molecule has 0 unspecified atom stereocenters. The molecule has 0 aliphatic rings. The number of hydrogen-bond donors (Lipinski definition) is 0. The lowest BCUT2D eigenvalue weighted by Gasteiger charge is -2.22. The molecule has 48 heavy (non-hydrogen) atoms. The molecule has 5 rings (SSSR count). The zero-order chi connectivity index (χ0) is 34.5. The highest BCUT2D eigenvalue weighted by atomic mass is 16.6. The first-order valence-corrected chi connectivity index (χ1v) is 14.4. The first kappa shape index (κ1) is 33.1. The number of hydrogen-bond acceptors (Lipinski definition) is 12. The molecule has 0 amide bonds. The number of rotatable bonds is 11. The summed E-state index contributed by atoms with van der Waals surface area (Å²) in [6.07, 6.45) is 0. The van der Waals surface area contributed by atoms with Crippen molar-refractivity contribution in [2.45, 2.75) is 13.5 Å². The first-order valence-electron chi connectivity index (χ1n) is 14.4. The summed E-state index contributed by atoms with van der Waals surface area (Å²) >= 11 is 0. The highest BCUT2D eigenvalue weighted by Gasteiger charge is 2.32. The van der Waals surface area contributed by atoms with Gasteiger partial charge in [0.25, 0.3) is 0 Å². The minimum Gasteiger partial charge on any atom is -0.493 e. The third-order valence-electron chi connectivity index (χ3n) is 7.66. The van der Waals surface area contributed by atoms with Crippen LogP contribution in [0.15, 0.2) is 66.7 Å². The van der Waals surface area contributed by atoms with Gasteiger partial charge in [0.2, 0.25) is 5.75 Å². The SMILES string of the molecule is COC(=O)c1nc(-c2ccc3c([N+](=O)[O-])c(OC)ccc3n2)c(C(=O)OC)c(-c2ccc(OC)c(OC)c2OCc2ccccc2)c1C. The number of nitro benzene ring substituents is 1. The van der Waals surface area contributed by atoms with E-state index in [0.717, 1.165) is 5.56 Å². The summed E-state index contributed by atoms with van der Waals surface area (Å²) < 4.78 is 33.2. The maximum atomic E-state index is 13.8. The van der Waals surface area contributed by atoms with Crippen molar-refractivity contribution in [2.75, 3.05) is 35.5 Å². The average Bonchev–Trinajstić information content (AvgIpc) is 3.12. The lowest BCUT2D eigenvalue weighted by atomic mass is 9.90. The molecule has 5 aromatic rings. The fraction of sp³-hybridized carbons (Fsp3) is 0.200. The van der Waals surface area contributed by atoms with Gasteiger partial charge in [-0.25, -0.2) is 19.6 Å². The molecule has 0 bridgehead atoms. The third kappa shape index (κ3) is 6.00. The van der Waals surface area contributed by atoms with Crippen molar-refractivity contribution in [3.05, 3.63) is 99.2 Å². The summed E-state index contributed by atoms with van der Waals surface area (Å²) in [7, 11) is 6.69. The van der Waals surface area contributed by atoms with Crippen LogP contribution in [0.3, 0.4) is 0 Å². The number of benzene rings is 3. The van der Waals surface area contributed by atoms with Crippen LogP contribution < -0.4 is 18.9 Å². The lowest BCUT2D eigenvalue weighted by molar-refractivity contribution is -0.383. The molecule has 0 N–H and O–H groups in total. The Morgan fingerprint density at radius 1 is 0.771 bits per heavy atom. The maximum Gasteiger partial charge on any atom is 0.356 e. The molecule has 2 aromatic heterocycles. The molecule has 3 aromatic carbocycles. The molecule has 0 saturated heterocycles. The molecule has 0 aliphatic carbocycles. The van der Waals surface area contributed by atoms with Gasteiger partial charge < -0.3 is 28.4 Å². The quantitative estimate of drug-likeness (QED) is 0.0884. The van der Waals surface area contributed by atoms with Gasteiger partial charge in [0, 0.05) is 11.1 Å². The van der Waals surface area contributed by atoms with Crippen LogP contribution in [0.25, 0.3) is 33.4 Å². The minimum absolute atomic E-state index is 0.0352. The second-order valence-corrected chi connectivity index (χ2v) is 10.3. The van der Waals surface area contributed by atoms with Crippen molar-refractivity contribution >= 4 is 28.5 Å². The molecule has 0 spiro atoms. The van der Waals surface area contributed by atoms with E-state index in [-0.39, 0.29) is 74.2 Å². The summed E-state index contributed by atoms with van der Waals surface area (Å²) in [5, 5.41) is 12.1. The van der Waals surface area contributed by atoms with Gasteiger partial charge in [-0.05, 0) is 54.4 Å². The van der Waals surface area contributed by atoms with Gasteiger partial charge in [-0.15, -0.1) is 0 Å². The number of ether oxygens (including phenoxy) is 6. The topological polar surface area (TPSA) is 158 Å². The molecule has 0 atom stereocenters. The third-order valence-corrected chi connectivity index (χ3v) is 7.66. The zero-order valence-corrected chi connectivity index (χ0v) is 27.0. The standard InChI is InChI=1S/C35H31N3O10/c1-19-27(22-13-16-26(44-3)33(45-4)32(22)48-18-20-10-8-7-9-11-20)28(34(39)46-5)30(37-29(19)35(40)47-6)24-14-12-21-23(36-24)15-17-25(43-2)31(21)38(41)42/h7-17H,18H2,1-6H3. The number of aromatic nitrogens is 2. The Morgan fingerprint density at radius 3 is 2.08 bits per heavy atom. The molecular weight excluding hydrogens is 622 g/mol. The van der Waals surface area contributed by atoms with Gasteiger partial charge >= 0.3 is 17.6 Å². The van der Waals surface area contributed by atoms with Gasteiger partial charge in [-0.2, -0.15) is 0 Å². The Kier molecular flexibility index (Phi) is 9.69. The van der Waals surface area contributed by atoms with Gasteiger partial charge in [0.1, 0.15) is 12.3 Å². The van der Waals surface area contributed by atoms with E-state index in [4.69, 9.17) is 28.4 Å². The van der Waals surface area contributed by atoms with Crippen molar-refractivity contribution in [3.8, 4) is 45.5 Å². The molecule has 2 heterocycles. The van der Waals surface area contributed by atoms with Crippen LogP contribution in [-0.2, 0) is 16.1 Å². The van der Waals surface area contributed by atoms with Crippen molar-refractivity contribution in [1.29, 1.82) is 0 Å². The number of nitro groups is 1. The Bertz CT molecular complexity index is 2050. The summed E-state index contributed by atoms with van der Waals surface area (Å²) in [6, 6.07) is 18.6. The van der Waals surface area contributed by atoms with Crippen LogP contribution in [0, 0.1) is 17.0 Å². The van der Waals surface area contributed by atoms with Crippen molar-refractivity contribution in [2.24, 2.45) is 0 Å². The van der Waals surface area contributed by atoms with E-state index < -0.39 is 16.9 Å². The van der Waals surface area contributed by atoms with Crippen molar-refractivity contribution < 1.29 is 42.9 Å². The molecule has 0 radical (unpaired) electrons. The second kappa shape index (κ2) is 14.0. The molecule has 0 saturated carbocycles. The summed E-state index contributed by atoms with van der Waals surface area (Å²) in [5.41, 5.74) is 1.61. The zero-order valence-electron chi connectivity index (χ0n) is 27.0. The van der Waals surface area contributed by atoms with E-state index in [1.807, 2.05) is 30.3 Å². The van der Waals surface area contributed by atoms with Gasteiger partial charge in [0.05, 0.1) is 62.6 Å². The molecular formula is C35H31N3O10. The van der Waals surface area contributed by atoms with Crippen LogP contribution in [0.5, 0.6) is 23.0 Å². The average molecular weight is 654 g/mol. The number of esters is 2. The van der Waals surface area contributed by atoms with Crippen LogP contribution in [-0.4, -0.2) is 62.4 Å². The summed E-state index contributed by atoms with van der Waals surface area (Å²) in [6.45, 7) is 1.74. The highest BCUT2D eigenvalue weighted by Crippen LogP contribution is 2.48. The second-order valence-electron chi connectivity index (χ2n) is 10.3. The smallest absolute Gasteiger partial charge is 0.356 e. The fourth-order valence-corrected chi connectivity index (χ4v) is 5.42. The molecule has 13 nitrogen and oxygen atoms in total. The van der Waals surface area contributed by atoms with Crippen molar-refractivity contribution in [3.63, 3.8) is 0 Å². The van der Waals surface area contributed by atoms with Gasteiger partial charge in [-0.1, -0.05) is 30.3 Å². The molecule has 246 valence electrons. The number of carbonyl (C=O) groups excluding carboxylic acids is 2. The highest BCUT2D eigenvalue weighted by molar-refractivity contribution is 6.07. The number of pyridine rings is 2. The predicted octanol–water partition coefficient (Wildman–Crippen LogP) is 6.36. The Balaban J connectivity index is 1.86. The van der Waals surface area contributed by atoms with Gasteiger partial charge in [0.15, 0.2) is 22.9 Å². The molecule has 0 aliphatic heterocycles. The lowest BCUT2D eigenvalue weighted by Crippen LogP contribution is -2.16. The molecule has 0 fully saturated rings. The van der Waals surface area contributed by atoms with Crippen LogP contribution in [0.4, 0.5) is 5.69 Å². The summed E-state index contributed by atoms with van der Waals surface area (Å²) in [5.74, 6) is -0.701. The number of fused-ring (bicyclic) bond motifs is 1. The number of nitrogens with zero attached hydrogens (tertiary/aromatic N) is 3. The largest absolute Gasteiger partial charge is 0.493 e. The fourth-order valence-electron chi connectivity index (χ4n) is 5.42. The minimum atomic E-state index is -0.793. The Labute approximate surface area is 275 Å². The van der Waals surface area contributed by atoms with E-state index in [0.29, 0.717) is 11.3 Å². The van der Waals surface area contributed by atoms with E-state index in [1.165, 1.54) is 53.7 Å². The number of carbonyl (C=O) groups is 2. The summed E-state index contributed by atoms with van der Waals surface area (Å²) in [4.78, 5) is 47.5. The first-order chi connectivity index (χ1) is 23.2. The van der Waals surface area contributed by atoms with Crippen LogP contribution in [0.1, 0.15) is 32.0 Å². The van der Waals surface area contributed by atoms with Crippen molar-refractivity contribution in [1.82, 2.24) is 9.97 Å². The predicted molar refractivity (Wildman–Crippen MR) is 175 cm³/mol. The maximum absolute atomic E-state index is 13.8. The van der Waals surface area contributed by atoms with E-state index in [9.17, 15) is 19.7 Å². The Morgan fingerprint density at radius 2 is 1.46 bits per heavy atom. The normalized spacial score (nSPS) is 10.7. The van der Waals surface area contributed by atoms with E-state index >= 15 is 0 Å².